The molecule has 0 radical (unpaired) electrons. The summed E-state index contributed by atoms with van der Waals surface area (Å²) >= 11 is 4.07. The summed E-state index contributed by atoms with van der Waals surface area (Å²) in [6, 6.07) is 0.216. The zero-order valence-corrected chi connectivity index (χ0v) is 5.07. The maximum absolute atomic E-state index is 5.36. The summed E-state index contributed by atoms with van der Waals surface area (Å²) in [6.45, 7) is 3.92. The van der Waals surface area contributed by atoms with Crippen LogP contribution in [0.4, 0.5) is 0 Å². The number of nitrogens with two attached hydrogens (primary N) is 1. The molecule has 38 valence electrons. The third kappa shape index (κ3) is 2.54. The first-order chi connectivity index (χ1) is 2.64. The second-order valence-electron chi connectivity index (χ2n) is 1.60. The van der Waals surface area contributed by atoms with E-state index in [4.69, 9.17) is 5.73 Å². The van der Waals surface area contributed by atoms with Gasteiger partial charge in [0.1, 0.15) is 0 Å². The fourth-order valence-electron chi connectivity index (χ4n) is 0. The third-order valence-electron chi connectivity index (χ3n) is 0.761. The number of hydrogen-bond acceptors (Lipinski definition) is 2. The van der Waals surface area contributed by atoms with E-state index in [1.807, 2.05) is 13.8 Å². The van der Waals surface area contributed by atoms with Gasteiger partial charge in [-0.2, -0.15) is 12.6 Å². The highest BCUT2D eigenvalue weighted by Crippen LogP contribution is 1.94. The SMILES string of the molecule is C[C@@H](N)[C@@H](C)S. The topological polar surface area (TPSA) is 26.0 Å². The van der Waals surface area contributed by atoms with Crippen molar-refractivity contribution in [3.05, 3.63) is 0 Å². The lowest BCUT2D eigenvalue weighted by Gasteiger charge is -2.05. The summed E-state index contributed by atoms with van der Waals surface area (Å²) in [5.41, 5.74) is 5.36. The van der Waals surface area contributed by atoms with Crippen LogP contribution in [0.15, 0.2) is 0 Å². The summed E-state index contributed by atoms with van der Waals surface area (Å²) < 4.78 is 0. The van der Waals surface area contributed by atoms with Crippen LogP contribution in [-0.4, -0.2) is 11.3 Å². The first kappa shape index (κ1) is 6.31. The Labute approximate surface area is 44.3 Å². The molecule has 2 heteroatoms. The molecule has 0 saturated heterocycles. The normalized spacial score (nSPS) is 20.0. The number of hydrogen-bond donors (Lipinski definition) is 2. The Hall–Kier alpha value is 0.310. The molecule has 0 aliphatic rings. The van der Waals surface area contributed by atoms with E-state index in [9.17, 15) is 0 Å². The van der Waals surface area contributed by atoms with Crippen molar-refractivity contribution in [2.45, 2.75) is 25.1 Å². The minimum Gasteiger partial charge on any atom is -0.327 e. The maximum atomic E-state index is 5.36. The molecule has 0 rings (SSSR count). The van der Waals surface area contributed by atoms with Gasteiger partial charge in [0.15, 0.2) is 0 Å². The predicted molar refractivity (Wildman–Crippen MR) is 32.1 cm³/mol. The Bertz CT molecular complexity index is 28.5. The Balaban J connectivity index is 2.99. The van der Waals surface area contributed by atoms with Crippen molar-refractivity contribution in [3.8, 4) is 0 Å². The fourth-order valence-corrected chi connectivity index (χ4v) is 0. The molecule has 0 spiro atoms. The van der Waals surface area contributed by atoms with Gasteiger partial charge in [-0.05, 0) is 6.92 Å². The molecule has 0 heterocycles. The lowest BCUT2D eigenvalue weighted by Crippen LogP contribution is -2.24. The molecule has 0 saturated carbocycles. The molecule has 0 unspecified atom stereocenters. The van der Waals surface area contributed by atoms with Crippen LogP contribution in [0, 0.1) is 0 Å². The highest BCUT2D eigenvalue weighted by atomic mass is 32.1. The smallest absolute Gasteiger partial charge is 0.0137 e. The van der Waals surface area contributed by atoms with Crippen LogP contribution >= 0.6 is 12.6 Å². The molecule has 0 bridgehead atoms. The van der Waals surface area contributed by atoms with Crippen molar-refractivity contribution in [1.82, 2.24) is 0 Å². The molecular formula is C4H11NS. The van der Waals surface area contributed by atoms with Crippen LogP contribution in [0.1, 0.15) is 13.8 Å². The van der Waals surface area contributed by atoms with Gasteiger partial charge >= 0.3 is 0 Å². The van der Waals surface area contributed by atoms with Gasteiger partial charge in [-0.15, -0.1) is 0 Å². The van der Waals surface area contributed by atoms with Crippen LogP contribution in [-0.2, 0) is 0 Å². The van der Waals surface area contributed by atoms with Crippen molar-refractivity contribution in [1.29, 1.82) is 0 Å². The van der Waals surface area contributed by atoms with E-state index in [1.165, 1.54) is 0 Å². The second kappa shape index (κ2) is 2.48. The molecule has 2 N–H and O–H groups in total. The first-order valence-corrected chi connectivity index (χ1v) is 2.60. The average Bonchev–Trinajstić information content (AvgIpc) is 1.36. The Morgan fingerprint density at radius 2 is 1.67 bits per heavy atom. The van der Waals surface area contributed by atoms with Crippen molar-refractivity contribution in [2.24, 2.45) is 5.73 Å². The molecule has 2 atom stereocenters. The van der Waals surface area contributed by atoms with Crippen molar-refractivity contribution >= 4 is 12.6 Å². The van der Waals surface area contributed by atoms with Crippen molar-refractivity contribution in [3.63, 3.8) is 0 Å². The first-order valence-electron chi connectivity index (χ1n) is 2.08. The van der Waals surface area contributed by atoms with Gasteiger partial charge in [0.2, 0.25) is 0 Å². The molecule has 0 fully saturated rings. The average molecular weight is 105 g/mol. The van der Waals surface area contributed by atoms with Gasteiger partial charge in [-0.3, -0.25) is 0 Å². The van der Waals surface area contributed by atoms with E-state index in [0.29, 0.717) is 5.25 Å². The molecule has 0 aromatic heterocycles. The monoisotopic (exact) mass is 105 g/mol. The van der Waals surface area contributed by atoms with Crippen LogP contribution in [0.5, 0.6) is 0 Å². The third-order valence-corrected chi connectivity index (χ3v) is 1.23. The minimum atomic E-state index is 0.216. The van der Waals surface area contributed by atoms with E-state index in [0.717, 1.165) is 0 Å². The number of thiol groups is 1. The maximum Gasteiger partial charge on any atom is 0.0137 e. The molecule has 0 aromatic carbocycles. The summed E-state index contributed by atoms with van der Waals surface area (Å²) in [5.74, 6) is 0. The predicted octanol–water partition coefficient (Wildman–Crippen LogP) is 0.652. The minimum absolute atomic E-state index is 0.216. The molecule has 0 aromatic rings. The zero-order valence-electron chi connectivity index (χ0n) is 4.18. The lowest BCUT2D eigenvalue weighted by molar-refractivity contribution is 0.735. The van der Waals surface area contributed by atoms with Crippen molar-refractivity contribution < 1.29 is 0 Å². The second-order valence-corrected chi connectivity index (χ2v) is 2.41. The van der Waals surface area contributed by atoms with Gasteiger partial charge in [0, 0.05) is 11.3 Å². The van der Waals surface area contributed by atoms with Gasteiger partial charge in [0.25, 0.3) is 0 Å². The van der Waals surface area contributed by atoms with Gasteiger partial charge in [-0.25, -0.2) is 0 Å². The Morgan fingerprint density at radius 1 is 1.50 bits per heavy atom. The van der Waals surface area contributed by atoms with Gasteiger partial charge in [-0.1, -0.05) is 6.92 Å². The quantitative estimate of drug-likeness (QED) is 0.470. The standard InChI is InChI=1S/C4H11NS/c1-3(5)4(2)6/h3-4,6H,5H2,1-2H3/t3-,4-/m1/s1. The summed E-state index contributed by atoms with van der Waals surface area (Å²) in [4.78, 5) is 0. The van der Waals surface area contributed by atoms with Crippen molar-refractivity contribution in [2.75, 3.05) is 0 Å². The number of rotatable bonds is 1. The Morgan fingerprint density at radius 3 is 1.67 bits per heavy atom. The molecule has 1 nitrogen and oxygen atoms in total. The summed E-state index contributed by atoms with van der Waals surface area (Å²) in [6.07, 6.45) is 0. The van der Waals surface area contributed by atoms with Gasteiger partial charge in [0.05, 0.1) is 0 Å². The summed E-state index contributed by atoms with van der Waals surface area (Å²) in [7, 11) is 0. The fraction of sp³-hybridized carbons (Fsp3) is 1.00. The van der Waals surface area contributed by atoms with Crippen LogP contribution in [0.25, 0.3) is 0 Å². The van der Waals surface area contributed by atoms with Crippen LogP contribution in [0.2, 0.25) is 0 Å². The van der Waals surface area contributed by atoms with E-state index in [-0.39, 0.29) is 6.04 Å². The zero-order chi connectivity index (χ0) is 5.15. The van der Waals surface area contributed by atoms with E-state index < -0.39 is 0 Å². The van der Waals surface area contributed by atoms with E-state index in [2.05, 4.69) is 12.6 Å². The van der Waals surface area contributed by atoms with E-state index >= 15 is 0 Å². The molecular weight excluding hydrogens is 94.1 g/mol. The van der Waals surface area contributed by atoms with E-state index in [1.54, 1.807) is 0 Å². The molecule has 0 aliphatic carbocycles. The highest BCUT2D eigenvalue weighted by Gasteiger charge is 1.96. The summed E-state index contributed by atoms with van der Waals surface area (Å²) in [5, 5.41) is 0.324. The largest absolute Gasteiger partial charge is 0.327 e. The molecule has 0 aliphatic heterocycles. The highest BCUT2D eigenvalue weighted by molar-refractivity contribution is 7.81. The lowest BCUT2D eigenvalue weighted by atomic mass is 10.3. The Kier molecular flexibility index (Phi) is 2.61. The van der Waals surface area contributed by atoms with Crippen LogP contribution in [0.3, 0.4) is 0 Å². The van der Waals surface area contributed by atoms with Crippen LogP contribution < -0.4 is 5.73 Å². The van der Waals surface area contributed by atoms with Gasteiger partial charge < -0.3 is 5.73 Å². The molecule has 6 heavy (non-hydrogen) atoms. The molecule has 0 amide bonds.